The minimum Gasteiger partial charge on any atom is -0.494 e. The van der Waals surface area contributed by atoms with Gasteiger partial charge in [-0.15, -0.1) is 11.3 Å². The lowest BCUT2D eigenvalue weighted by atomic mass is 10.2. The van der Waals surface area contributed by atoms with Crippen LogP contribution in [0.25, 0.3) is 10.6 Å². The SMILES string of the molecule is CCOc1ccccc1CNS(=O)(=O)c1cc(-c2n[nH]c(C)c2C)sc1C. The number of sulfonamides is 1. The van der Waals surface area contributed by atoms with Crippen LogP contribution in [-0.4, -0.2) is 25.2 Å². The molecule has 8 heteroatoms. The second-order valence-corrected chi connectivity index (χ2v) is 9.21. The topological polar surface area (TPSA) is 84.1 Å². The fraction of sp³-hybridized carbons (Fsp3) is 0.316. The fourth-order valence-electron chi connectivity index (χ4n) is 2.77. The molecular weight excluding hydrogens is 382 g/mol. The summed E-state index contributed by atoms with van der Waals surface area (Å²) in [5.74, 6) is 0.688. The number of aromatic amines is 1. The average Bonchev–Trinajstić information content (AvgIpc) is 3.18. The summed E-state index contributed by atoms with van der Waals surface area (Å²) in [5.41, 5.74) is 3.60. The second-order valence-electron chi connectivity index (χ2n) is 6.22. The Morgan fingerprint density at radius 2 is 1.96 bits per heavy atom. The molecule has 6 nitrogen and oxygen atoms in total. The van der Waals surface area contributed by atoms with E-state index in [0.29, 0.717) is 12.4 Å². The van der Waals surface area contributed by atoms with Gasteiger partial charge < -0.3 is 4.74 Å². The third-order valence-corrected chi connectivity index (χ3v) is 7.09. The quantitative estimate of drug-likeness (QED) is 0.624. The molecule has 144 valence electrons. The first-order valence-corrected chi connectivity index (χ1v) is 11.0. The predicted octanol–water partition coefficient (Wildman–Crippen LogP) is 3.94. The molecule has 27 heavy (non-hydrogen) atoms. The van der Waals surface area contributed by atoms with Crippen molar-refractivity contribution in [1.82, 2.24) is 14.9 Å². The Hall–Kier alpha value is -2.16. The molecule has 3 aromatic rings. The van der Waals surface area contributed by atoms with E-state index in [-0.39, 0.29) is 11.4 Å². The molecule has 0 unspecified atom stereocenters. The van der Waals surface area contributed by atoms with Gasteiger partial charge in [0.2, 0.25) is 10.0 Å². The zero-order valence-corrected chi connectivity index (χ0v) is 17.4. The molecular formula is C19H23N3O3S2. The van der Waals surface area contributed by atoms with Crippen LogP contribution >= 0.6 is 11.3 Å². The first-order valence-electron chi connectivity index (χ1n) is 8.66. The second kappa shape index (κ2) is 7.84. The third kappa shape index (κ3) is 4.07. The van der Waals surface area contributed by atoms with Gasteiger partial charge in [-0.2, -0.15) is 5.10 Å². The summed E-state index contributed by atoms with van der Waals surface area (Å²) in [6.45, 7) is 8.33. The maximum absolute atomic E-state index is 12.9. The van der Waals surface area contributed by atoms with Crippen LogP contribution in [-0.2, 0) is 16.6 Å². The molecule has 0 aliphatic heterocycles. The Balaban J connectivity index is 1.85. The molecule has 1 aromatic carbocycles. The van der Waals surface area contributed by atoms with Gasteiger partial charge in [0.15, 0.2) is 0 Å². The number of aromatic nitrogens is 2. The van der Waals surface area contributed by atoms with Gasteiger partial charge >= 0.3 is 0 Å². The van der Waals surface area contributed by atoms with Crippen molar-refractivity contribution in [3.8, 4) is 16.3 Å². The van der Waals surface area contributed by atoms with Crippen molar-refractivity contribution >= 4 is 21.4 Å². The summed E-state index contributed by atoms with van der Waals surface area (Å²) in [5, 5.41) is 7.25. The number of nitrogens with one attached hydrogen (secondary N) is 2. The molecule has 2 aromatic heterocycles. The van der Waals surface area contributed by atoms with Crippen molar-refractivity contribution in [2.24, 2.45) is 0 Å². The smallest absolute Gasteiger partial charge is 0.241 e. The van der Waals surface area contributed by atoms with Crippen LogP contribution in [0.1, 0.15) is 28.6 Å². The number of aryl methyl sites for hydroxylation is 2. The standard InChI is InChI=1S/C19H23N3O3S2/c1-5-25-16-9-7-6-8-15(16)11-20-27(23,24)18-10-17(26-14(18)4)19-12(2)13(3)21-22-19/h6-10,20H,5,11H2,1-4H3,(H,21,22). The molecule has 0 fully saturated rings. The predicted molar refractivity (Wildman–Crippen MR) is 108 cm³/mol. The lowest BCUT2D eigenvalue weighted by Crippen LogP contribution is -2.23. The number of hydrogen-bond acceptors (Lipinski definition) is 5. The number of hydrogen-bond donors (Lipinski definition) is 2. The van der Waals surface area contributed by atoms with Crippen LogP contribution in [0.5, 0.6) is 5.75 Å². The van der Waals surface area contributed by atoms with Crippen molar-refractivity contribution in [3.05, 3.63) is 52.0 Å². The van der Waals surface area contributed by atoms with Crippen molar-refractivity contribution in [2.75, 3.05) is 6.61 Å². The van der Waals surface area contributed by atoms with Gasteiger partial charge in [0.25, 0.3) is 0 Å². The highest BCUT2D eigenvalue weighted by Gasteiger charge is 2.22. The average molecular weight is 406 g/mol. The third-order valence-electron chi connectivity index (χ3n) is 4.37. The summed E-state index contributed by atoms with van der Waals surface area (Å²) in [4.78, 5) is 1.86. The van der Waals surface area contributed by atoms with E-state index in [4.69, 9.17) is 4.74 Å². The van der Waals surface area contributed by atoms with Gasteiger partial charge in [-0.1, -0.05) is 18.2 Å². The number of benzene rings is 1. The number of H-pyrrole nitrogens is 1. The summed E-state index contributed by atoms with van der Waals surface area (Å²) < 4.78 is 34.0. The molecule has 2 heterocycles. The van der Waals surface area contributed by atoms with E-state index in [2.05, 4.69) is 14.9 Å². The molecule has 3 rings (SSSR count). The zero-order valence-electron chi connectivity index (χ0n) is 15.8. The Morgan fingerprint density at radius 3 is 2.63 bits per heavy atom. The maximum atomic E-state index is 12.9. The van der Waals surface area contributed by atoms with Gasteiger partial charge in [-0.3, -0.25) is 5.10 Å². The van der Waals surface area contributed by atoms with Gasteiger partial charge in [-0.05, 0) is 45.4 Å². The van der Waals surface area contributed by atoms with Gasteiger partial charge in [0.05, 0.1) is 16.4 Å². The molecule has 0 spiro atoms. The van der Waals surface area contributed by atoms with Gasteiger partial charge in [-0.25, -0.2) is 13.1 Å². The monoisotopic (exact) mass is 405 g/mol. The highest BCUT2D eigenvalue weighted by atomic mass is 32.2. The molecule has 0 aliphatic carbocycles. The largest absolute Gasteiger partial charge is 0.494 e. The normalized spacial score (nSPS) is 11.7. The summed E-state index contributed by atoms with van der Waals surface area (Å²) in [6.07, 6.45) is 0. The Kier molecular flexibility index (Phi) is 5.69. The Morgan fingerprint density at radius 1 is 1.22 bits per heavy atom. The number of ether oxygens (including phenoxy) is 1. The zero-order chi connectivity index (χ0) is 19.6. The first-order chi connectivity index (χ1) is 12.8. The van der Waals surface area contributed by atoms with Crippen molar-refractivity contribution < 1.29 is 13.2 Å². The van der Waals surface area contributed by atoms with E-state index in [9.17, 15) is 8.42 Å². The van der Waals surface area contributed by atoms with Crippen LogP contribution in [0.2, 0.25) is 0 Å². The Bertz CT molecular complexity index is 1050. The van der Waals surface area contributed by atoms with Gasteiger partial charge in [0.1, 0.15) is 11.4 Å². The minimum atomic E-state index is -3.65. The minimum absolute atomic E-state index is 0.170. The summed E-state index contributed by atoms with van der Waals surface area (Å²) in [7, 11) is -3.65. The van der Waals surface area contributed by atoms with Gasteiger partial charge in [0, 0.05) is 22.7 Å². The maximum Gasteiger partial charge on any atom is 0.241 e. The summed E-state index contributed by atoms with van der Waals surface area (Å²) >= 11 is 1.43. The molecule has 0 bridgehead atoms. The molecule has 0 radical (unpaired) electrons. The van der Waals surface area contributed by atoms with Crippen LogP contribution in [0.4, 0.5) is 0 Å². The molecule has 2 N–H and O–H groups in total. The van der Waals surface area contributed by atoms with Crippen LogP contribution in [0.3, 0.4) is 0 Å². The van der Waals surface area contributed by atoms with E-state index in [1.165, 1.54) is 11.3 Å². The van der Waals surface area contributed by atoms with E-state index < -0.39 is 10.0 Å². The number of thiophene rings is 1. The van der Waals surface area contributed by atoms with Crippen LogP contribution < -0.4 is 9.46 Å². The van der Waals surface area contributed by atoms with Crippen molar-refractivity contribution in [3.63, 3.8) is 0 Å². The van der Waals surface area contributed by atoms with E-state index in [1.54, 1.807) is 6.07 Å². The van der Waals surface area contributed by atoms with Crippen molar-refractivity contribution in [2.45, 2.75) is 39.1 Å². The lowest BCUT2D eigenvalue weighted by Gasteiger charge is -2.11. The van der Waals surface area contributed by atoms with E-state index in [1.807, 2.05) is 52.0 Å². The summed E-state index contributed by atoms with van der Waals surface area (Å²) in [6, 6.07) is 9.12. The number of nitrogens with zero attached hydrogens (tertiary/aromatic N) is 1. The molecule has 0 aliphatic rings. The molecule has 0 saturated carbocycles. The highest BCUT2D eigenvalue weighted by molar-refractivity contribution is 7.89. The molecule has 0 atom stereocenters. The fourth-order valence-corrected chi connectivity index (χ4v) is 5.41. The van der Waals surface area contributed by atoms with E-state index >= 15 is 0 Å². The highest BCUT2D eigenvalue weighted by Crippen LogP contribution is 2.34. The molecule has 0 amide bonds. The number of rotatable bonds is 7. The Labute approximate surface area is 163 Å². The van der Waals surface area contributed by atoms with Crippen LogP contribution in [0, 0.1) is 20.8 Å². The lowest BCUT2D eigenvalue weighted by molar-refractivity contribution is 0.336. The number of para-hydroxylation sites is 1. The van der Waals surface area contributed by atoms with Crippen LogP contribution in [0.15, 0.2) is 35.2 Å². The molecule has 0 saturated heterocycles. The van der Waals surface area contributed by atoms with Crippen molar-refractivity contribution in [1.29, 1.82) is 0 Å². The van der Waals surface area contributed by atoms with E-state index in [0.717, 1.165) is 32.3 Å². The first kappa shape index (κ1) is 19.6.